The number of para-hydroxylation sites is 3. The molecule has 0 aliphatic heterocycles. The molecule has 210 valence electrons. The molecular formula is C40H35N3. The zero-order valence-corrected chi connectivity index (χ0v) is 24.4. The fraction of sp³-hybridized carbons (Fsp3) is 0.275. The zero-order valence-electron chi connectivity index (χ0n) is 24.4. The maximum atomic E-state index is 5.08. The fourth-order valence-electron chi connectivity index (χ4n) is 9.82. The van der Waals surface area contributed by atoms with E-state index in [1.54, 1.807) is 5.56 Å². The number of aromatic nitrogens is 3. The minimum absolute atomic E-state index is 0.726. The highest BCUT2D eigenvalue weighted by molar-refractivity contribution is 6.10. The van der Waals surface area contributed by atoms with E-state index in [2.05, 4.69) is 118 Å². The van der Waals surface area contributed by atoms with E-state index in [0.717, 1.165) is 41.1 Å². The number of fused-ring (bicyclic) bond motifs is 8. The Bertz CT molecular complexity index is 2120. The van der Waals surface area contributed by atoms with Crippen LogP contribution in [0.25, 0.3) is 55.1 Å². The predicted octanol–water partition coefficient (Wildman–Crippen LogP) is 10.2. The second-order valence-electron chi connectivity index (χ2n) is 13.7. The summed E-state index contributed by atoms with van der Waals surface area (Å²) in [5.41, 5.74) is 7.59. The Labute approximate surface area is 251 Å². The van der Waals surface area contributed by atoms with Gasteiger partial charge in [-0.2, -0.15) is 0 Å². The normalized spacial score (nSPS) is 24.9. The second kappa shape index (κ2) is 9.07. The van der Waals surface area contributed by atoms with Crippen LogP contribution in [0.5, 0.6) is 0 Å². The molecule has 3 aromatic heterocycles. The van der Waals surface area contributed by atoms with E-state index >= 15 is 0 Å². The van der Waals surface area contributed by atoms with Gasteiger partial charge in [-0.15, -0.1) is 0 Å². The van der Waals surface area contributed by atoms with Crippen molar-refractivity contribution in [1.82, 2.24) is 14.1 Å². The Morgan fingerprint density at radius 2 is 1.19 bits per heavy atom. The molecule has 0 amide bonds. The van der Waals surface area contributed by atoms with Crippen molar-refractivity contribution in [2.45, 2.75) is 44.4 Å². The van der Waals surface area contributed by atoms with E-state index in [9.17, 15) is 0 Å². The second-order valence-corrected chi connectivity index (χ2v) is 13.7. The third-order valence-corrected chi connectivity index (χ3v) is 11.5. The first-order valence-corrected chi connectivity index (χ1v) is 16.3. The number of benzene rings is 4. The molecular weight excluding hydrogens is 522 g/mol. The minimum atomic E-state index is 0.726. The monoisotopic (exact) mass is 557 g/mol. The van der Waals surface area contributed by atoms with Gasteiger partial charge in [0.25, 0.3) is 0 Å². The van der Waals surface area contributed by atoms with Gasteiger partial charge in [0, 0.05) is 21.5 Å². The third kappa shape index (κ3) is 3.51. The molecule has 3 heteroatoms. The van der Waals surface area contributed by atoms with Gasteiger partial charge in [0.2, 0.25) is 0 Å². The van der Waals surface area contributed by atoms with Crippen LogP contribution in [-0.2, 0) is 0 Å². The van der Waals surface area contributed by atoms with Crippen LogP contribution in [-0.4, -0.2) is 14.1 Å². The molecule has 10 rings (SSSR count). The Balaban J connectivity index is 1.10. The van der Waals surface area contributed by atoms with Crippen LogP contribution in [0.2, 0.25) is 0 Å². The van der Waals surface area contributed by atoms with Crippen molar-refractivity contribution in [3.8, 4) is 11.5 Å². The lowest BCUT2D eigenvalue weighted by atomic mass is 9.53. The van der Waals surface area contributed by atoms with Crippen molar-refractivity contribution in [2.75, 3.05) is 0 Å². The summed E-state index contributed by atoms with van der Waals surface area (Å²) in [6.07, 6.45) is 10.8. The van der Waals surface area contributed by atoms with Gasteiger partial charge in [-0.3, -0.25) is 4.57 Å². The average Bonchev–Trinajstić information content (AvgIpc) is 3.56. The van der Waals surface area contributed by atoms with E-state index in [4.69, 9.17) is 4.98 Å². The molecule has 3 nitrogen and oxygen atoms in total. The van der Waals surface area contributed by atoms with Crippen LogP contribution < -0.4 is 0 Å². The van der Waals surface area contributed by atoms with Crippen LogP contribution in [0.3, 0.4) is 0 Å². The SMILES string of the molecule is c1ccc2c(c1)c1cc(C3CC4CC5CCC3C(C5)C4)ccc1n2-c1ccc(-n2c3ccccc3c3ccccc32)nc1. The van der Waals surface area contributed by atoms with E-state index in [1.165, 1.54) is 82.1 Å². The molecule has 3 aliphatic carbocycles. The maximum Gasteiger partial charge on any atom is 0.137 e. The van der Waals surface area contributed by atoms with Gasteiger partial charge in [0.05, 0.1) is 34.0 Å². The van der Waals surface area contributed by atoms with Gasteiger partial charge in [-0.25, -0.2) is 4.98 Å². The molecule has 0 spiro atoms. The molecule has 5 unspecified atom stereocenters. The summed E-state index contributed by atoms with van der Waals surface area (Å²) >= 11 is 0. The smallest absolute Gasteiger partial charge is 0.137 e. The number of pyridine rings is 1. The topological polar surface area (TPSA) is 22.8 Å². The molecule has 3 fully saturated rings. The average molecular weight is 558 g/mol. The molecule has 3 heterocycles. The van der Waals surface area contributed by atoms with E-state index < -0.39 is 0 Å². The largest absolute Gasteiger partial charge is 0.308 e. The van der Waals surface area contributed by atoms with Gasteiger partial charge >= 0.3 is 0 Å². The first-order chi connectivity index (χ1) is 21.3. The highest BCUT2D eigenvalue weighted by Gasteiger charge is 2.46. The van der Waals surface area contributed by atoms with E-state index in [-0.39, 0.29) is 0 Å². The molecule has 0 N–H and O–H groups in total. The summed E-state index contributed by atoms with van der Waals surface area (Å²) < 4.78 is 4.71. The van der Waals surface area contributed by atoms with Gasteiger partial charge in [0.1, 0.15) is 5.82 Å². The van der Waals surface area contributed by atoms with Crippen molar-refractivity contribution in [2.24, 2.45) is 23.7 Å². The predicted molar refractivity (Wildman–Crippen MR) is 177 cm³/mol. The Hall–Kier alpha value is -4.37. The van der Waals surface area contributed by atoms with E-state index in [1.807, 2.05) is 0 Å². The highest BCUT2D eigenvalue weighted by atomic mass is 15.1. The molecule has 3 saturated carbocycles. The first kappa shape index (κ1) is 24.1. The number of hydrogen-bond acceptors (Lipinski definition) is 1. The summed E-state index contributed by atoms with van der Waals surface area (Å²) in [6, 6.07) is 38.1. The lowest BCUT2D eigenvalue weighted by Crippen LogP contribution is -2.41. The molecule has 0 saturated heterocycles. The lowest BCUT2D eigenvalue weighted by Gasteiger charge is -2.52. The third-order valence-electron chi connectivity index (χ3n) is 11.5. The summed E-state index contributed by atoms with van der Waals surface area (Å²) in [4.78, 5) is 5.08. The maximum absolute atomic E-state index is 5.08. The summed E-state index contributed by atoms with van der Waals surface area (Å²) in [5.74, 6) is 5.49. The number of nitrogens with zero attached hydrogens (tertiary/aromatic N) is 3. The summed E-state index contributed by atoms with van der Waals surface area (Å²) in [7, 11) is 0. The number of rotatable bonds is 3. The van der Waals surface area contributed by atoms with Crippen molar-refractivity contribution in [3.05, 3.63) is 115 Å². The Kier molecular flexibility index (Phi) is 5.08. The quantitative estimate of drug-likeness (QED) is 0.212. The van der Waals surface area contributed by atoms with Crippen LogP contribution in [0.4, 0.5) is 0 Å². The van der Waals surface area contributed by atoms with Gasteiger partial charge in [-0.05, 0) is 110 Å². The van der Waals surface area contributed by atoms with Crippen molar-refractivity contribution in [1.29, 1.82) is 0 Å². The van der Waals surface area contributed by atoms with Crippen molar-refractivity contribution >= 4 is 43.6 Å². The zero-order chi connectivity index (χ0) is 28.1. The van der Waals surface area contributed by atoms with Crippen LogP contribution in [0, 0.1) is 23.7 Å². The van der Waals surface area contributed by atoms with Crippen LogP contribution in [0.15, 0.2) is 109 Å². The Morgan fingerprint density at radius 1 is 0.535 bits per heavy atom. The highest BCUT2D eigenvalue weighted by Crippen LogP contribution is 2.57. The minimum Gasteiger partial charge on any atom is -0.308 e. The first-order valence-electron chi connectivity index (χ1n) is 16.3. The van der Waals surface area contributed by atoms with Crippen molar-refractivity contribution < 1.29 is 0 Å². The molecule has 5 atom stereocenters. The van der Waals surface area contributed by atoms with Gasteiger partial charge in [-0.1, -0.05) is 67.1 Å². The van der Waals surface area contributed by atoms with Crippen molar-refractivity contribution in [3.63, 3.8) is 0 Å². The summed E-state index contributed by atoms with van der Waals surface area (Å²) in [5, 5.41) is 5.24. The molecule has 3 bridgehead atoms. The van der Waals surface area contributed by atoms with E-state index in [0.29, 0.717) is 0 Å². The molecule has 7 aromatic rings. The molecule has 43 heavy (non-hydrogen) atoms. The molecule has 3 aliphatic rings. The van der Waals surface area contributed by atoms with Gasteiger partial charge < -0.3 is 4.57 Å². The standard InChI is InChI=1S/C40H35N3/c1-5-11-37-31(7-1)32-8-2-6-12-38(32)43(37)40-18-15-29(24-41-40)42-36-10-4-3-9-33(36)35-23-27(14-17-39(35)42)34-22-26-19-25-13-16-30(34)28(20-25)21-26/h1-12,14-15,17-18,23-26,28,30,34H,13,16,19-22H2. The van der Waals surface area contributed by atoms with Crippen LogP contribution >= 0.6 is 0 Å². The van der Waals surface area contributed by atoms with Crippen LogP contribution in [0.1, 0.15) is 50.0 Å². The Morgan fingerprint density at radius 3 is 1.91 bits per heavy atom. The summed E-state index contributed by atoms with van der Waals surface area (Å²) in [6.45, 7) is 0. The lowest BCUT2D eigenvalue weighted by molar-refractivity contribution is 0.0153. The molecule has 4 aromatic carbocycles. The molecule has 0 radical (unpaired) electrons. The van der Waals surface area contributed by atoms with Gasteiger partial charge in [0.15, 0.2) is 0 Å². The number of hydrogen-bond donors (Lipinski definition) is 0. The fourth-order valence-corrected chi connectivity index (χ4v) is 9.82.